The number of imidazole rings is 1. The quantitative estimate of drug-likeness (QED) is 0.849. The summed E-state index contributed by atoms with van der Waals surface area (Å²) in [4.78, 5) is 16.6. The van der Waals surface area contributed by atoms with Gasteiger partial charge in [-0.1, -0.05) is 25.1 Å². The molecule has 1 saturated carbocycles. The Morgan fingerprint density at radius 2 is 2.21 bits per heavy atom. The summed E-state index contributed by atoms with van der Waals surface area (Å²) in [5, 5.41) is 3.22. The number of nitrogens with zero attached hydrogens (tertiary/aromatic N) is 2. The molecule has 1 aliphatic rings. The van der Waals surface area contributed by atoms with Crippen molar-refractivity contribution in [3.63, 3.8) is 0 Å². The predicted molar refractivity (Wildman–Crippen MR) is 92.8 cm³/mol. The molecule has 0 radical (unpaired) electrons. The molecule has 3 rings (SSSR count). The molecule has 1 aromatic carbocycles. The summed E-state index contributed by atoms with van der Waals surface area (Å²) in [5.41, 5.74) is 0. The van der Waals surface area contributed by atoms with Gasteiger partial charge in [-0.2, -0.15) is 0 Å². The van der Waals surface area contributed by atoms with Crippen LogP contribution in [-0.4, -0.2) is 28.1 Å². The van der Waals surface area contributed by atoms with Crippen LogP contribution in [0, 0.1) is 5.92 Å². The van der Waals surface area contributed by atoms with Gasteiger partial charge in [0.2, 0.25) is 5.91 Å². The maximum atomic E-state index is 12.5. The predicted octanol–water partition coefficient (Wildman–Crippen LogP) is 3.20. The smallest absolute Gasteiger partial charge is 0.223 e. The van der Waals surface area contributed by atoms with Gasteiger partial charge in [0.25, 0.3) is 0 Å². The number of carbonyl (C=O) groups excluding carboxylic acids is 1. The molecule has 0 aliphatic heterocycles. The van der Waals surface area contributed by atoms with E-state index in [1.165, 1.54) is 0 Å². The Labute approximate surface area is 143 Å². The molecule has 1 amide bonds. The average Bonchev–Trinajstić information content (AvgIpc) is 3.26. The van der Waals surface area contributed by atoms with E-state index in [1.54, 1.807) is 6.20 Å². The van der Waals surface area contributed by atoms with E-state index in [9.17, 15) is 4.79 Å². The van der Waals surface area contributed by atoms with Crippen LogP contribution < -0.4 is 10.1 Å². The van der Waals surface area contributed by atoms with Gasteiger partial charge < -0.3 is 14.6 Å². The highest BCUT2D eigenvalue weighted by atomic mass is 16.5. The fourth-order valence-electron chi connectivity index (χ4n) is 3.26. The first-order valence-corrected chi connectivity index (χ1v) is 8.69. The van der Waals surface area contributed by atoms with Crippen molar-refractivity contribution in [3.8, 4) is 5.75 Å². The van der Waals surface area contributed by atoms with Gasteiger partial charge in [-0.25, -0.2) is 4.98 Å². The second-order valence-corrected chi connectivity index (χ2v) is 6.47. The second kappa shape index (κ2) is 7.99. The highest BCUT2D eigenvalue weighted by Gasteiger charge is 2.30. The van der Waals surface area contributed by atoms with E-state index < -0.39 is 0 Å². The van der Waals surface area contributed by atoms with E-state index >= 15 is 0 Å². The molecule has 1 N–H and O–H groups in total. The van der Waals surface area contributed by atoms with Gasteiger partial charge in [-0.05, 0) is 37.8 Å². The lowest BCUT2D eigenvalue weighted by Gasteiger charge is -2.24. The molecular formula is C19H25N3O2. The van der Waals surface area contributed by atoms with Crippen LogP contribution >= 0.6 is 0 Å². The Hall–Kier alpha value is -2.30. The zero-order chi connectivity index (χ0) is 16.8. The fourth-order valence-corrected chi connectivity index (χ4v) is 3.26. The molecular weight excluding hydrogens is 302 g/mol. The van der Waals surface area contributed by atoms with Crippen LogP contribution in [0.3, 0.4) is 0 Å². The molecule has 5 nitrogen and oxygen atoms in total. The summed E-state index contributed by atoms with van der Waals surface area (Å²) < 4.78 is 7.80. The summed E-state index contributed by atoms with van der Waals surface area (Å²) in [7, 11) is 0. The van der Waals surface area contributed by atoms with Gasteiger partial charge in [-0.15, -0.1) is 0 Å². The lowest BCUT2D eigenvalue weighted by Crippen LogP contribution is -2.41. The average molecular weight is 327 g/mol. The lowest BCUT2D eigenvalue weighted by atomic mass is 10.1. The van der Waals surface area contributed by atoms with E-state index in [0.717, 1.165) is 25.0 Å². The third kappa shape index (κ3) is 4.16. The number of rotatable bonds is 7. The number of hydrogen-bond acceptors (Lipinski definition) is 3. The molecule has 1 fully saturated rings. The normalized spacial score (nSPS) is 21.4. The molecule has 1 aliphatic carbocycles. The standard InChI is InChI=1S/C19H25N3O2/c1-15(10-13-24-16-6-3-2-4-7-16)19(23)21-17-8-5-9-18(17)22-12-11-20-14-22/h2-4,6-7,11-12,14-15,17-18H,5,8-10,13H2,1H3,(H,21,23)/t15-,17-,18-/m1/s1. The third-order valence-corrected chi connectivity index (χ3v) is 4.73. The minimum Gasteiger partial charge on any atom is -0.494 e. The van der Waals surface area contributed by atoms with Crippen molar-refractivity contribution in [2.45, 2.75) is 44.7 Å². The van der Waals surface area contributed by atoms with Gasteiger partial charge in [0, 0.05) is 24.4 Å². The molecule has 0 saturated heterocycles. The Balaban J connectivity index is 1.45. The van der Waals surface area contributed by atoms with Crippen molar-refractivity contribution >= 4 is 5.91 Å². The third-order valence-electron chi connectivity index (χ3n) is 4.73. The molecule has 24 heavy (non-hydrogen) atoms. The maximum Gasteiger partial charge on any atom is 0.223 e. The number of carbonyl (C=O) groups is 1. The molecule has 0 spiro atoms. The first-order chi connectivity index (χ1) is 11.7. The van der Waals surface area contributed by atoms with Crippen LogP contribution in [0.1, 0.15) is 38.6 Å². The molecule has 5 heteroatoms. The van der Waals surface area contributed by atoms with Crippen LogP contribution in [0.15, 0.2) is 49.1 Å². The van der Waals surface area contributed by atoms with Crippen molar-refractivity contribution in [2.24, 2.45) is 5.92 Å². The number of amides is 1. The van der Waals surface area contributed by atoms with Crippen molar-refractivity contribution < 1.29 is 9.53 Å². The minimum atomic E-state index is -0.0576. The summed E-state index contributed by atoms with van der Waals surface area (Å²) in [6.07, 6.45) is 9.58. The summed E-state index contributed by atoms with van der Waals surface area (Å²) >= 11 is 0. The number of para-hydroxylation sites is 1. The molecule has 1 aromatic heterocycles. The zero-order valence-electron chi connectivity index (χ0n) is 14.1. The molecule has 0 unspecified atom stereocenters. The number of benzene rings is 1. The molecule has 3 atom stereocenters. The summed E-state index contributed by atoms with van der Waals surface area (Å²) in [6.45, 7) is 2.51. The Kier molecular flexibility index (Phi) is 5.51. The number of hydrogen-bond donors (Lipinski definition) is 1. The lowest BCUT2D eigenvalue weighted by molar-refractivity contribution is -0.125. The Bertz CT molecular complexity index is 627. The number of ether oxygens (including phenoxy) is 1. The van der Waals surface area contributed by atoms with E-state index in [-0.39, 0.29) is 17.9 Å². The van der Waals surface area contributed by atoms with Gasteiger partial charge in [0.1, 0.15) is 5.75 Å². The van der Waals surface area contributed by atoms with Gasteiger partial charge in [0.15, 0.2) is 0 Å². The monoisotopic (exact) mass is 327 g/mol. The van der Waals surface area contributed by atoms with Crippen LogP contribution in [0.2, 0.25) is 0 Å². The SMILES string of the molecule is C[C@H](CCOc1ccccc1)C(=O)N[C@@H]1CCC[C@H]1n1ccnc1. The topological polar surface area (TPSA) is 56.1 Å². The van der Waals surface area contributed by atoms with E-state index in [2.05, 4.69) is 14.9 Å². The summed E-state index contributed by atoms with van der Waals surface area (Å²) in [5.74, 6) is 0.905. The molecule has 128 valence electrons. The number of nitrogens with one attached hydrogen (secondary N) is 1. The largest absolute Gasteiger partial charge is 0.494 e. The highest BCUT2D eigenvalue weighted by Crippen LogP contribution is 2.30. The zero-order valence-corrected chi connectivity index (χ0v) is 14.1. The first-order valence-electron chi connectivity index (χ1n) is 8.69. The Morgan fingerprint density at radius 3 is 2.96 bits per heavy atom. The molecule has 1 heterocycles. The first kappa shape index (κ1) is 16.6. The highest BCUT2D eigenvalue weighted by molar-refractivity contribution is 5.78. The molecule has 0 bridgehead atoms. The second-order valence-electron chi connectivity index (χ2n) is 6.47. The summed E-state index contributed by atoms with van der Waals surface area (Å²) in [6, 6.07) is 10.2. The van der Waals surface area contributed by atoms with E-state index in [1.807, 2.05) is 49.8 Å². The van der Waals surface area contributed by atoms with Crippen LogP contribution in [0.25, 0.3) is 0 Å². The van der Waals surface area contributed by atoms with Crippen molar-refractivity contribution in [2.75, 3.05) is 6.61 Å². The van der Waals surface area contributed by atoms with Crippen molar-refractivity contribution in [3.05, 3.63) is 49.1 Å². The fraction of sp³-hybridized carbons (Fsp3) is 0.474. The Morgan fingerprint density at radius 1 is 1.38 bits per heavy atom. The maximum absolute atomic E-state index is 12.5. The van der Waals surface area contributed by atoms with Crippen LogP contribution in [0.4, 0.5) is 0 Å². The van der Waals surface area contributed by atoms with E-state index in [4.69, 9.17) is 4.74 Å². The minimum absolute atomic E-state index is 0.0576. The van der Waals surface area contributed by atoms with Gasteiger partial charge in [-0.3, -0.25) is 4.79 Å². The van der Waals surface area contributed by atoms with Crippen molar-refractivity contribution in [1.29, 1.82) is 0 Å². The van der Waals surface area contributed by atoms with Crippen LogP contribution in [-0.2, 0) is 4.79 Å². The van der Waals surface area contributed by atoms with Crippen molar-refractivity contribution in [1.82, 2.24) is 14.9 Å². The van der Waals surface area contributed by atoms with E-state index in [0.29, 0.717) is 19.1 Å². The van der Waals surface area contributed by atoms with Crippen LogP contribution in [0.5, 0.6) is 5.75 Å². The van der Waals surface area contributed by atoms with Gasteiger partial charge >= 0.3 is 0 Å². The van der Waals surface area contributed by atoms with Gasteiger partial charge in [0.05, 0.1) is 19.0 Å². The number of aromatic nitrogens is 2. The molecule has 2 aromatic rings.